The standard InChI is InChI=1S/C22H19N5OS/c28-22(18-13-29-19(24-18)12-14-4-2-1-3-5-14)23-17-10-8-16(9-11-17)21-25-20(26-27-21)15-6-7-15/h1-5,8-11,13,15H,6-7,12H2,(H,23,28)(H,25,26,27). The number of hydrogen-bond donors (Lipinski definition) is 2. The lowest BCUT2D eigenvalue weighted by atomic mass is 10.2. The summed E-state index contributed by atoms with van der Waals surface area (Å²) in [4.78, 5) is 21.6. The van der Waals surface area contributed by atoms with Crippen LogP contribution in [-0.2, 0) is 6.42 Å². The van der Waals surface area contributed by atoms with Gasteiger partial charge in [0, 0.05) is 29.0 Å². The average Bonchev–Trinajstić information content (AvgIpc) is 3.29. The van der Waals surface area contributed by atoms with Crippen molar-refractivity contribution in [2.24, 2.45) is 0 Å². The zero-order chi connectivity index (χ0) is 19.6. The predicted octanol–water partition coefficient (Wildman–Crippen LogP) is 4.65. The average molecular weight is 401 g/mol. The molecule has 1 aliphatic carbocycles. The Hall–Kier alpha value is -3.32. The fourth-order valence-corrected chi connectivity index (χ4v) is 3.92. The molecule has 0 atom stereocenters. The van der Waals surface area contributed by atoms with E-state index >= 15 is 0 Å². The molecule has 0 spiro atoms. The molecule has 29 heavy (non-hydrogen) atoms. The molecule has 1 aliphatic rings. The highest BCUT2D eigenvalue weighted by Gasteiger charge is 2.27. The van der Waals surface area contributed by atoms with Gasteiger partial charge >= 0.3 is 0 Å². The van der Waals surface area contributed by atoms with Crippen LogP contribution in [0.25, 0.3) is 11.4 Å². The van der Waals surface area contributed by atoms with Gasteiger partial charge in [-0.1, -0.05) is 30.3 Å². The van der Waals surface area contributed by atoms with Gasteiger partial charge < -0.3 is 5.32 Å². The van der Waals surface area contributed by atoms with E-state index < -0.39 is 0 Å². The molecule has 7 heteroatoms. The van der Waals surface area contributed by atoms with Crippen LogP contribution in [0.2, 0.25) is 0 Å². The van der Waals surface area contributed by atoms with Gasteiger partial charge in [0.05, 0.1) is 5.01 Å². The van der Waals surface area contributed by atoms with Crippen molar-refractivity contribution < 1.29 is 4.79 Å². The summed E-state index contributed by atoms with van der Waals surface area (Å²) in [5, 5.41) is 12.9. The summed E-state index contributed by atoms with van der Waals surface area (Å²) in [7, 11) is 0. The molecule has 2 N–H and O–H groups in total. The second-order valence-corrected chi connectivity index (χ2v) is 8.08. The number of amides is 1. The third-order valence-electron chi connectivity index (χ3n) is 4.85. The van der Waals surface area contributed by atoms with Crippen LogP contribution in [0.4, 0.5) is 5.69 Å². The third kappa shape index (κ3) is 4.09. The first-order valence-electron chi connectivity index (χ1n) is 9.57. The summed E-state index contributed by atoms with van der Waals surface area (Å²) in [6, 6.07) is 17.7. The number of thiazole rings is 1. The van der Waals surface area contributed by atoms with Gasteiger partial charge in [-0.25, -0.2) is 9.97 Å². The molecular weight excluding hydrogens is 382 g/mol. The lowest BCUT2D eigenvalue weighted by molar-refractivity contribution is 0.102. The highest BCUT2D eigenvalue weighted by Crippen LogP contribution is 2.38. The number of hydrogen-bond acceptors (Lipinski definition) is 5. The van der Waals surface area contributed by atoms with Crippen LogP contribution < -0.4 is 5.32 Å². The lowest BCUT2D eigenvalue weighted by Crippen LogP contribution is -2.12. The summed E-state index contributed by atoms with van der Waals surface area (Å²) < 4.78 is 0. The summed E-state index contributed by atoms with van der Waals surface area (Å²) in [6.07, 6.45) is 3.10. The first-order valence-corrected chi connectivity index (χ1v) is 10.4. The van der Waals surface area contributed by atoms with E-state index in [-0.39, 0.29) is 5.91 Å². The molecule has 5 rings (SSSR count). The van der Waals surface area contributed by atoms with Crippen LogP contribution in [0, 0.1) is 0 Å². The van der Waals surface area contributed by atoms with Crippen molar-refractivity contribution in [2.45, 2.75) is 25.2 Å². The molecule has 4 aromatic rings. The number of aromatic nitrogens is 4. The maximum absolute atomic E-state index is 12.5. The number of benzene rings is 2. The van der Waals surface area contributed by atoms with Crippen LogP contribution in [0.1, 0.15) is 45.6 Å². The molecule has 2 heterocycles. The Kier molecular flexibility index (Phi) is 4.65. The third-order valence-corrected chi connectivity index (χ3v) is 5.70. The molecule has 2 aromatic heterocycles. The van der Waals surface area contributed by atoms with Crippen molar-refractivity contribution in [2.75, 3.05) is 5.32 Å². The monoisotopic (exact) mass is 401 g/mol. The van der Waals surface area contributed by atoms with Gasteiger partial charge in [0.2, 0.25) is 0 Å². The van der Waals surface area contributed by atoms with Crippen LogP contribution in [0.3, 0.4) is 0 Å². The van der Waals surface area contributed by atoms with Gasteiger partial charge in [-0.3, -0.25) is 9.89 Å². The molecule has 2 aromatic carbocycles. The minimum absolute atomic E-state index is 0.206. The van der Waals surface area contributed by atoms with E-state index in [1.54, 1.807) is 5.38 Å². The molecule has 1 fully saturated rings. The van der Waals surface area contributed by atoms with Gasteiger partial charge in [-0.15, -0.1) is 11.3 Å². The maximum Gasteiger partial charge on any atom is 0.275 e. The normalized spacial score (nSPS) is 13.4. The molecule has 0 aliphatic heterocycles. The second kappa shape index (κ2) is 7.60. The zero-order valence-electron chi connectivity index (χ0n) is 15.6. The Labute approximate surface area is 172 Å². The van der Waals surface area contributed by atoms with Crippen LogP contribution in [0.15, 0.2) is 60.0 Å². The quantitative estimate of drug-likeness (QED) is 0.493. The number of carbonyl (C=O) groups is 1. The molecule has 0 radical (unpaired) electrons. The molecule has 144 valence electrons. The van der Waals surface area contributed by atoms with Gasteiger partial charge in [0.1, 0.15) is 11.5 Å². The van der Waals surface area contributed by atoms with Crippen LogP contribution in [0.5, 0.6) is 0 Å². The fraction of sp³-hybridized carbons (Fsp3) is 0.182. The van der Waals surface area contributed by atoms with Gasteiger partial charge in [0.25, 0.3) is 5.91 Å². The van der Waals surface area contributed by atoms with E-state index in [0.717, 1.165) is 22.8 Å². The lowest BCUT2D eigenvalue weighted by Gasteiger charge is -2.04. The molecule has 0 unspecified atom stereocenters. The Balaban J connectivity index is 1.23. The van der Waals surface area contributed by atoms with E-state index in [1.165, 1.54) is 29.7 Å². The van der Waals surface area contributed by atoms with E-state index in [1.807, 2.05) is 42.5 Å². The Morgan fingerprint density at radius 2 is 1.86 bits per heavy atom. The molecular formula is C22H19N5OS. The minimum atomic E-state index is -0.206. The highest BCUT2D eigenvalue weighted by molar-refractivity contribution is 7.09. The number of carbonyl (C=O) groups excluding carboxylic acids is 1. The number of H-pyrrole nitrogens is 1. The smallest absolute Gasteiger partial charge is 0.275 e. The molecule has 0 bridgehead atoms. The number of nitrogens with zero attached hydrogens (tertiary/aromatic N) is 3. The van der Waals surface area contributed by atoms with Gasteiger partial charge in [0.15, 0.2) is 5.82 Å². The zero-order valence-corrected chi connectivity index (χ0v) is 16.4. The van der Waals surface area contributed by atoms with Crippen molar-refractivity contribution >= 4 is 22.9 Å². The first-order chi connectivity index (χ1) is 14.2. The molecule has 0 saturated heterocycles. The number of anilines is 1. The summed E-state index contributed by atoms with van der Waals surface area (Å²) in [6.45, 7) is 0. The predicted molar refractivity (Wildman–Crippen MR) is 113 cm³/mol. The van der Waals surface area contributed by atoms with E-state index in [4.69, 9.17) is 0 Å². The number of rotatable bonds is 6. The topological polar surface area (TPSA) is 83.6 Å². The Bertz CT molecular complexity index is 1130. The second-order valence-electron chi connectivity index (χ2n) is 7.14. The van der Waals surface area contributed by atoms with Gasteiger partial charge in [-0.2, -0.15) is 5.10 Å². The van der Waals surface area contributed by atoms with Crippen molar-refractivity contribution in [1.82, 2.24) is 20.2 Å². The van der Waals surface area contributed by atoms with Crippen LogP contribution >= 0.6 is 11.3 Å². The Morgan fingerprint density at radius 1 is 1.07 bits per heavy atom. The number of aromatic amines is 1. The number of nitrogens with one attached hydrogen (secondary N) is 2. The van der Waals surface area contributed by atoms with Crippen molar-refractivity contribution in [3.8, 4) is 11.4 Å². The molecule has 6 nitrogen and oxygen atoms in total. The Morgan fingerprint density at radius 3 is 2.62 bits per heavy atom. The van der Waals surface area contributed by atoms with Crippen molar-refractivity contribution in [3.63, 3.8) is 0 Å². The first kappa shape index (κ1) is 17.8. The summed E-state index contributed by atoms with van der Waals surface area (Å²) >= 11 is 1.50. The highest BCUT2D eigenvalue weighted by atomic mass is 32.1. The van der Waals surface area contributed by atoms with E-state index in [0.29, 0.717) is 23.1 Å². The van der Waals surface area contributed by atoms with Gasteiger partial charge in [-0.05, 0) is 42.7 Å². The largest absolute Gasteiger partial charge is 0.321 e. The fourth-order valence-electron chi connectivity index (χ4n) is 3.11. The van der Waals surface area contributed by atoms with Crippen LogP contribution in [-0.4, -0.2) is 26.1 Å². The molecule has 1 saturated carbocycles. The summed E-state index contributed by atoms with van der Waals surface area (Å²) in [5.74, 6) is 1.99. The SMILES string of the molecule is O=C(Nc1ccc(-c2n[nH]c(C3CC3)n2)cc1)c1csc(Cc2ccccc2)n1. The summed E-state index contributed by atoms with van der Waals surface area (Å²) in [5.41, 5.74) is 3.26. The maximum atomic E-state index is 12.5. The molecule has 1 amide bonds. The van der Waals surface area contributed by atoms with E-state index in [9.17, 15) is 4.79 Å². The van der Waals surface area contributed by atoms with E-state index in [2.05, 4.69) is 37.6 Å². The van der Waals surface area contributed by atoms with Crippen molar-refractivity contribution in [3.05, 3.63) is 82.1 Å². The minimum Gasteiger partial charge on any atom is -0.321 e. The van der Waals surface area contributed by atoms with Crippen molar-refractivity contribution in [1.29, 1.82) is 0 Å².